The molecule has 1 N–H and O–H groups in total. The lowest BCUT2D eigenvalue weighted by molar-refractivity contribution is 0.195. The summed E-state index contributed by atoms with van der Waals surface area (Å²) in [6, 6.07) is 4.95. The molecule has 0 radical (unpaired) electrons. The van der Waals surface area contributed by atoms with Crippen LogP contribution in [0.15, 0.2) is 23.1 Å². The minimum atomic E-state index is -0.600. The van der Waals surface area contributed by atoms with Crippen LogP contribution in [0.5, 0.6) is 0 Å². The second-order valence-corrected chi connectivity index (χ2v) is 5.83. The first-order chi connectivity index (χ1) is 8.18. The molecule has 0 saturated heterocycles. The minimum absolute atomic E-state index is 0.202. The van der Waals surface area contributed by atoms with E-state index < -0.39 is 6.10 Å². The first-order valence-electron chi connectivity index (χ1n) is 6.27. The van der Waals surface area contributed by atoms with Crippen LogP contribution < -0.4 is 0 Å². The van der Waals surface area contributed by atoms with Crippen LogP contribution in [0.25, 0.3) is 0 Å². The van der Waals surface area contributed by atoms with Gasteiger partial charge in [-0.05, 0) is 37.3 Å². The molecule has 0 amide bonds. The molecule has 1 nitrogen and oxygen atoms in total. The Bertz CT molecular complexity index is 372. The van der Waals surface area contributed by atoms with Crippen molar-refractivity contribution in [2.75, 3.05) is 5.75 Å². The van der Waals surface area contributed by atoms with Crippen molar-refractivity contribution in [1.29, 1.82) is 0 Å². The third-order valence-corrected chi connectivity index (χ3v) is 4.74. The average molecular weight is 254 g/mol. The van der Waals surface area contributed by atoms with Crippen molar-refractivity contribution in [3.63, 3.8) is 0 Å². The number of rotatable bonds is 4. The maximum absolute atomic E-state index is 13.8. The summed E-state index contributed by atoms with van der Waals surface area (Å²) >= 11 is 1.56. The summed E-state index contributed by atoms with van der Waals surface area (Å²) in [6.07, 6.45) is 4.56. The lowest BCUT2D eigenvalue weighted by atomic mass is 10.1. The van der Waals surface area contributed by atoms with Crippen LogP contribution in [-0.2, 0) is 0 Å². The van der Waals surface area contributed by atoms with E-state index in [0.29, 0.717) is 10.5 Å². The van der Waals surface area contributed by atoms with Crippen LogP contribution >= 0.6 is 11.8 Å². The molecule has 0 bridgehead atoms. The molecule has 0 heterocycles. The third kappa shape index (κ3) is 3.23. The molecule has 1 aromatic carbocycles. The molecule has 1 fully saturated rings. The van der Waals surface area contributed by atoms with Crippen LogP contribution in [0.1, 0.15) is 44.3 Å². The van der Waals surface area contributed by atoms with Crippen LogP contribution in [0, 0.1) is 11.7 Å². The third-order valence-electron chi connectivity index (χ3n) is 3.39. The Balaban J connectivity index is 2.07. The monoisotopic (exact) mass is 254 g/mol. The largest absolute Gasteiger partial charge is 0.389 e. The summed E-state index contributed by atoms with van der Waals surface area (Å²) in [5.74, 6) is 1.49. The predicted octanol–water partition coefficient (Wildman–Crippen LogP) is 4.16. The highest BCUT2D eigenvalue weighted by Crippen LogP contribution is 2.35. The predicted molar refractivity (Wildman–Crippen MR) is 69.7 cm³/mol. The first kappa shape index (κ1) is 12.9. The highest BCUT2D eigenvalue weighted by Gasteiger charge is 2.18. The molecule has 0 aromatic heterocycles. The zero-order chi connectivity index (χ0) is 12.3. The van der Waals surface area contributed by atoms with Crippen molar-refractivity contribution < 1.29 is 9.50 Å². The fourth-order valence-corrected chi connectivity index (χ4v) is 3.73. The van der Waals surface area contributed by atoms with Gasteiger partial charge in [-0.2, -0.15) is 0 Å². The molecule has 1 aliphatic carbocycles. The molecule has 1 saturated carbocycles. The Morgan fingerprint density at radius 3 is 2.76 bits per heavy atom. The Morgan fingerprint density at radius 2 is 2.12 bits per heavy atom. The van der Waals surface area contributed by atoms with E-state index in [9.17, 15) is 9.50 Å². The lowest BCUT2D eigenvalue weighted by Crippen LogP contribution is -2.01. The number of aliphatic hydroxyl groups is 1. The molecular weight excluding hydrogens is 235 g/mol. The topological polar surface area (TPSA) is 20.2 Å². The standard InChI is InChI=1S/C14H19FOS/c1-10(16)12-7-4-8-13(15)14(12)17-9-11-5-2-3-6-11/h4,7-8,10-11,16H,2-3,5-6,9H2,1H3. The van der Waals surface area contributed by atoms with E-state index in [1.807, 2.05) is 6.07 Å². The van der Waals surface area contributed by atoms with Gasteiger partial charge in [0.2, 0.25) is 0 Å². The highest BCUT2D eigenvalue weighted by atomic mass is 32.2. The molecular formula is C14H19FOS. The molecule has 1 aliphatic rings. The van der Waals surface area contributed by atoms with Gasteiger partial charge in [-0.25, -0.2) is 4.39 Å². The van der Waals surface area contributed by atoms with Gasteiger partial charge in [0, 0.05) is 10.6 Å². The maximum Gasteiger partial charge on any atom is 0.137 e. The molecule has 94 valence electrons. The molecule has 3 heteroatoms. The second-order valence-electron chi connectivity index (χ2n) is 4.80. The number of halogens is 1. The molecule has 0 spiro atoms. The normalized spacial score (nSPS) is 18.5. The van der Waals surface area contributed by atoms with Crippen molar-refractivity contribution in [2.24, 2.45) is 5.92 Å². The van der Waals surface area contributed by atoms with Gasteiger partial charge in [0.25, 0.3) is 0 Å². The quantitative estimate of drug-likeness (QED) is 0.814. The van der Waals surface area contributed by atoms with Gasteiger partial charge in [-0.1, -0.05) is 25.0 Å². The molecule has 17 heavy (non-hydrogen) atoms. The average Bonchev–Trinajstić information content (AvgIpc) is 2.80. The Hall–Kier alpha value is -0.540. The second kappa shape index (κ2) is 5.87. The summed E-state index contributed by atoms with van der Waals surface area (Å²) in [5.41, 5.74) is 0.716. The molecule has 1 unspecified atom stereocenters. The van der Waals surface area contributed by atoms with Gasteiger partial charge in [0.15, 0.2) is 0 Å². The zero-order valence-corrected chi connectivity index (χ0v) is 11.0. The van der Waals surface area contributed by atoms with Gasteiger partial charge in [-0.15, -0.1) is 11.8 Å². The van der Waals surface area contributed by atoms with Crippen molar-refractivity contribution in [2.45, 2.75) is 43.6 Å². The van der Waals surface area contributed by atoms with Crippen molar-refractivity contribution in [3.8, 4) is 0 Å². The van der Waals surface area contributed by atoms with Gasteiger partial charge in [-0.3, -0.25) is 0 Å². The molecule has 0 aliphatic heterocycles. The first-order valence-corrected chi connectivity index (χ1v) is 7.26. The summed E-state index contributed by atoms with van der Waals surface area (Å²) in [6.45, 7) is 1.69. The smallest absolute Gasteiger partial charge is 0.137 e. The SMILES string of the molecule is CC(O)c1cccc(F)c1SCC1CCCC1. The Labute approximate surface area is 106 Å². The summed E-state index contributed by atoms with van der Waals surface area (Å²) in [5, 5.41) is 9.64. The highest BCUT2D eigenvalue weighted by molar-refractivity contribution is 7.99. The number of thioether (sulfide) groups is 1. The number of benzene rings is 1. The minimum Gasteiger partial charge on any atom is -0.389 e. The Morgan fingerprint density at radius 1 is 1.41 bits per heavy atom. The lowest BCUT2D eigenvalue weighted by Gasteiger charge is -2.14. The molecule has 2 rings (SSSR count). The number of hydrogen-bond donors (Lipinski definition) is 1. The molecule has 1 atom stereocenters. The van der Waals surface area contributed by atoms with Gasteiger partial charge in [0.05, 0.1) is 6.10 Å². The van der Waals surface area contributed by atoms with Crippen LogP contribution in [0.3, 0.4) is 0 Å². The van der Waals surface area contributed by atoms with E-state index in [1.165, 1.54) is 31.7 Å². The van der Waals surface area contributed by atoms with Gasteiger partial charge >= 0.3 is 0 Å². The fraction of sp³-hybridized carbons (Fsp3) is 0.571. The van der Waals surface area contributed by atoms with E-state index in [4.69, 9.17) is 0 Å². The van der Waals surface area contributed by atoms with E-state index >= 15 is 0 Å². The zero-order valence-electron chi connectivity index (χ0n) is 10.2. The van der Waals surface area contributed by atoms with E-state index in [1.54, 1.807) is 24.8 Å². The maximum atomic E-state index is 13.8. The van der Waals surface area contributed by atoms with Crippen molar-refractivity contribution in [3.05, 3.63) is 29.6 Å². The van der Waals surface area contributed by atoms with Crippen LogP contribution in [0.2, 0.25) is 0 Å². The van der Waals surface area contributed by atoms with E-state index in [0.717, 1.165) is 11.7 Å². The van der Waals surface area contributed by atoms with Crippen molar-refractivity contribution in [1.82, 2.24) is 0 Å². The number of hydrogen-bond acceptors (Lipinski definition) is 2. The number of aliphatic hydroxyl groups excluding tert-OH is 1. The van der Waals surface area contributed by atoms with Gasteiger partial charge < -0.3 is 5.11 Å². The molecule has 1 aromatic rings. The fourth-order valence-electron chi connectivity index (χ4n) is 2.38. The summed E-state index contributed by atoms with van der Waals surface area (Å²) < 4.78 is 13.8. The van der Waals surface area contributed by atoms with Gasteiger partial charge in [0.1, 0.15) is 5.82 Å². The van der Waals surface area contributed by atoms with Crippen molar-refractivity contribution >= 4 is 11.8 Å². The van der Waals surface area contributed by atoms with Crippen LogP contribution in [0.4, 0.5) is 4.39 Å². The van der Waals surface area contributed by atoms with E-state index in [2.05, 4.69) is 0 Å². The summed E-state index contributed by atoms with van der Waals surface area (Å²) in [7, 11) is 0. The van der Waals surface area contributed by atoms with E-state index in [-0.39, 0.29) is 5.82 Å². The van der Waals surface area contributed by atoms with Crippen LogP contribution in [-0.4, -0.2) is 10.9 Å². The summed E-state index contributed by atoms with van der Waals surface area (Å²) in [4.78, 5) is 0.634. The Kier molecular flexibility index (Phi) is 4.46.